The Labute approximate surface area is 184 Å². The number of hydrogen-bond acceptors (Lipinski definition) is 3. The van der Waals surface area contributed by atoms with Crippen molar-refractivity contribution in [2.24, 2.45) is 0 Å². The maximum atomic E-state index is 14.1. The number of carbonyl (C=O) groups excluding carboxylic acids is 2. The van der Waals surface area contributed by atoms with Gasteiger partial charge < -0.3 is 15.3 Å². The summed E-state index contributed by atoms with van der Waals surface area (Å²) in [7, 11) is 0. The van der Waals surface area contributed by atoms with Crippen molar-refractivity contribution in [3.63, 3.8) is 0 Å². The van der Waals surface area contributed by atoms with Crippen LogP contribution < -0.4 is 5.32 Å². The molecule has 2 N–H and O–H groups in total. The Kier molecular flexibility index (Phi) is 7.92. The Balaban J connectivity index is 1.60. The first-order valence-corrected chi connectivity index (χ1v) is 10.9. The van der Waals surface area contributed by atoms with Crippen LogP contribution in [0.5, 0.6) is 0 Å². The number of nitrogens with zero attached hydrogens (tertiary/aromatic N) is 1. The predicted molar refractivity (Wildman–Crippen MR) is 110 cm³/mol. The number of aliphatic hydroxyl groups is 1. The molecule has 1 aromatic rings. The van der Waals surface area contributed by atoms with Crippen LogP contribution in [0.25, 0.3) is 0 Å². The zero-order valence-corrected chi connectivity index (χ0v) is 17.7. The molecule has 1 aliphatic carbocycles. The Hall–Kier alpha value is -2.42. The Morgan fingerprint density at radius 2 is 1.97 bits per heavy atom. The highest BCUT2D eigenvalue weighted by Gasteiger charge is 2.41. The fourth-order valence-electron chi connectivity index (χ4n) is 4.30. The number of hydrogen-bond donors (Lipinski definition) is 2. The number of likely N-dealkylation sites (tertiary alicyclic amines) is 1. The van der Waals surface area contributed by atoms with E-state index >= 15 is 0 Å². The molecule has 0 saturated carbocycles. The predicted octanol–water partition coefficient (Wildman–Crippen LogP) is 3.90. The van der Waals surface area contributed by atoms with Gasteiger partial charge in [0.1, 0.15) is 18.3 Å². The quantitative estimate of drug-likeness (QED) is 0.483. The number of carbonyl (C=O) groups is 2. The molecule has 1 heterocycles. The van der Waals surface area contributed by atoms with Gasteiger partial charge in [-0.2, -0.15) is 13.2 Å². The number of nitrogens with one attached hydrogen (secondary N) is 1. The van der Waals surface area contributed by atoms with Crippen molar-refractivity contribution in [3.8, 4) is 0 Å². The van der Waals surface area contributed by atoms with Crippen molar-refractivity contribution in [1.29, 1.82) is 0 Å². The van der Waals surface area contributed by atoms with E-state index in [4.69, 9.17) is 0 Å². The second-order valence-electron chi connectivity index (χ2n) is 8.37. The van der Waals surface area contributed by atoms with Crippen LogP contribution >= 0.6 is 0 Å². The minimum absolute atomic E-state index is 0.123. The summed E-state index contributed by atoms with van der Waals surface area (Å²) >= 11 is 0. The average Bonchev–Trinajstić information content (AvgIpc) is 3.17. The molecule has 1 fully saturated rings. The van der Waals surface area contributed by atoms with Crippen molar-refractivity contribution >= 4 is 11.8 Å². The maximum absolute atomic E-state index is 14.1. The van der Waals surface area contributed by atoms with Crippen LogP contribution in [0.4, 0.5) is 17.6 Å². The lowest BCUT2D eigenvalue weighted by Gasteiger charge is -2.26. The summed E-state index contributed by atoms with van der Waals surface area (Å²) in [5, 5.41) is 12.7. The number of halogens is 4. The van der Waals surface area contributed by atoms with Gasteiger partial charge in [0.05, 0.1) is 12.1 Å². The molecule has 2 aliphatic rings. The van der Waals surface area contributed by atoms with Crippen molar-refractivity contribution in [2.45, 2.75) is 76.0 Å². The lowest BCUT2D eigenvalue weighted by Crippen LogP contribution is -2.49. The third-order valence-corrected chi connectivity index (χ3v) is 6.02. The van der Waals surface area contributed by atoms with Crippen molar-refractivity contribution in [1.82, 2.24) is 10.2 Å². The van der Waals surface area contributed by atoms with E-state index in [1.165, 1.54) is 23.8 Å². The highest BCUT2D eigenvalue weighted by Crippen LogP contribution is 2.32. The highest BCUT2D eigenvalue weighted by molar-refractivity contribution is 5.90. The van der Waals surface area contributed by atoms with Gasteiger partial charge in [0.25, 0.3) is 5.91 Å². The smallest absolute Gasteiger partial charge is 0.383 e. The molecule has 9 heteroatoms. The van der Waals surface area contributed by atoms with E-state index < -0.39 is 48.4 Å². The van der Waals surface area contributed by atoms with Crippen LogP contribution in [0, 0.1) is 0 Å². The van der Waals surface area contributed by atoms with Crippen molar-refractivity contribution in [2.75, 3.05) is 6.54 Å². The summed E-state index contributed by atoms with van der Waals surface area (Å²) in [5.74, 6) is -1.46. The van der Waals surface area contributed by atoms with Gasteiger partial charge in [0.2, 0.25) is 5.91 Å². The largest absolute Gasteiger partial charge is 0.416 e. The number of allylic oxidation sites excluding steroid dienone is 2. The first kappa shape index (κ1) is 24.2. The molecule has 5 nitrogen and oxygen atoms in total. The van der Waals surface area contributed by atoms with Gasteiger partial charge >= 0.3 is 6.18 Å². The van der Waals surface area contributed by atoms with Crippen LogP contribution in [0.3, 0.4) is 0 Å². The Morgan fingerprint density at radius 3 is 2.66 bits per heavy atom. The van der Waals surface area contributed by atoms with Crippen LogP contribution in [-0.4, -0.2) is 46.7 Å². The first-order valence-electron chi connectivity index (χ1n) is 10.9. The number of benzene rings is 1. The number of rotatable bonds is 7. The Morgan fingerprint density at radius 1 is 1.22 bits per heavy atom. The molecule has 32 heavy (non-hydrogen) atoms. The minimum Gasteiger partial charge on any atom is -0.383 e. The van der Waals surface area contributed by atoms with Gasteiger partial charge in [-0.1, -0.05) is 29.8 Å². The molecular weight excluding hydrogens is 428 g/mol. The van der Waals surface area contributed by atoms with E-state index in [2.05, 4.69) is 11.4 Å². The average molecular weight is 456 g/mol. The highest BCUT2D eigenvalue weighted by atomic mass is 19.4. The van der Waals surface area contributed by atoms with Crippen LogP contribution in [0.2, 0.25) is 0 Å². The summed E-state index contributed by atoms with van der Waals surface area (Å²) in [6, 6.07) is 3.69. The van der Waals surface area contributed by atoms with E-state index in [0.29, 0.717) is 6.42 Å². The molecule has 0 bridgehead atoms. The van der Waals surface area contributed by atoms with Crippen LogP contribution in [0.1, 0.15) is 56.1 Å². The van der Waals surface area contributed by atoms with E-state index in [1.54, 1.807) is 0 Å². The lowest BCUT2D eigenvalue weighted by molar-refractivity contribution is -0.145. The molecule has 0 aromatic heterocycles. The fourth-order valence-corrected chi connectivity index (χ4v) is 4.30. The summed E-state index contributed by atoms with van der Waals surface area (Å²) in [6.45, 7) is -0.726. The maximum Gasteiger partial charge on any atom is 0.416 e. The fraction of sp³-hybridized carbons (Fsp3) is 0.565. The number of amides is 2. The third kappa shape index (κ3) is 6.09. The molecule has 176 valence electrons. The zero-order valence-electron chi connectivity index (χ0n) is 17.7. The third-order valence-electron chi connectivity index (χ3n) is 6.02. The van der Waals surface area contributed by atoms with E-state index in [0.717, 1.165) is 36.6 Å². The van der Waals surface area contributed by atoms with E-state index in [9.17, 15) is 32.3 Å². The van der Waals surface area contributed by atoms with E-state index in [1.807, 2.05) is 0 Å². The molecule has 2 amide bonds. The normalized spacial score (nSPS) is 22.4. The molecule has 1 aromatic carbocycles. The van der Waals surface area contributed by atoms with E-state index in [-0.39, 0.29) is 24.9 Å². The molecule has 0 radical (unpaired) electrons. The topological polar surface area (TPSA) is 69.6 Å². The van der Waals surface area contributed by atoms with Crippen molar-refractivity contribution in [3.05, 3.63) is 47.0 Å². The van der Waals surface area contributed by atoms with Gasteiger partial charge in [-0.3, -0.25) is 9.59 Å². The first-order chi connectivity index (χ1) is 15.2. The molecule has 0 unspecified atom stereocenters. The van der Waals surface area contributed by atoms with Gasteiger partial charge in [0, 0.05) is 13.0 Å². The molecular formula is C23H28F4N2O3. The second kappa shape index (κ2) is 10.5. The zero-order chi connectivity index (χ0) is 23.3. The minimum atomic E-state index is -4.57. The summed E-state index contributed by atoms with van der Waals surface area (Å²) in [6.07, 6.45) is -0.647. The molecule has 3 rings (SSSR count). The van der Waals surface area contributed by atoms with Gasteiger partial charge in [-0.05, 0) is 50.2 Å². The van der Waals surface area contributed by atoms with Crippen LogP contribution in [0.15, 0.2) is 35.9 Å². The Bertz CT molecular complexity index is 856. The molecule has 1 saturated heterocycles. The summed E-state index contributed by atoms with van der Waals surface area (Å²) in [5.41, 5.74) is 0.197. The SMILES string of the molecule is O=C(NCc1ccccc1C(F)(F)F)[C@@H]1C[C@H](F)CN1C(=O)[C@@H](O)CCC1=CCCCC1. The molecule has 1 aliphatic heterocycles. The molecule has 3 atom stereocenters. The second-order valence-corrected chi connectivity index (χ2v) is 8.37. The number of aliphatic hydroxyl groups excluding tert-OH is 1. The summed E-state index contributed by atoms with van der Waals surface area (Å²) in [4.78, 5) is 26.3. The lowest BCUT2D eigenvalue weighted by atomic mass is 9.95. The van der Waals surface area contributed by atoms with Crippen molar-refractivity contribution < 1.29 is 32.3 Å². The van der Waals surface area contributed by atoms with Gasteiger partial charge in [-0.15, -0.1) is 0 Å². The van der Waals surface area contributed by atoms with Crippen LogP contribution in [-0.2, 0) is 22.3 Å². The summed E-state index contributed by atoms with van der Waals surface area (Å²) < 4.78 is 53.5. The number of alkyl halides is 4. The molecule has 0 spiro atoms. The standard InChI is InChI=1S/C23H28F4N2O3/c24-17-12-19(21(31)28-13-16-8-4-5-9-18(16)23(25,26)27)29(14-17)22(32)20(30)11-10-15-6-2-1-3-7-15/h4-6,8-9,17,19-20,30H,1-3,7,10-14H2,(H,28,31)/t17-,19-,20-/m0/s1. The van der Waals surface area contributed by atoms with Gasteiger partial charge in [-0.25, -0.2) is 4.39 Å². The van der Waals surface area contributed by atoms with Gasteiger partial charge in [0.15, 0.2) is 0 Å². The monoisotopic (exact) mass is 456 g/mol.